The number of rotatable bonds is 5. The van der Waals surface area contributed by atoms with Gasteiger partial charge in [-0.15, -0.1) is 0 Å². The molecule has 0 aromatic carbocycles. The molecule has 5 heteroatoms. The fourth-order valence-corrected chi connectivity index (χ4v) is 1.69. The van der Waals surface area contributed by atoms with Gasteiger partial charge in [0.25, 0.3) is 0 Å². The van der Waals surface area contributed by atoms with Gasteiger partial charge < -0.3 is 10.5 Å². The normalized spacial score (nSPS) is 10.6. The van der Waals surface area contributed by atoms with Crippen LogP contribution in [0.15, 0.2) is 24.5 Å². The summed E-state index contributed by atoms with van der Waals surface area (Å²) in [6, 6.07) is 3.83. The topological polar surface area (TPSA) is 66.0 Å². The third kappa shape index (κ3) is 2.87. The Morgan fingerprint density at radius 3 is 2.89 bits per heavy atom. The highest BCUT2D eigenvalue weighted by Gasteiger charge is 2.05. The molecule has 0 aliphatic rings. The Hall–Kier alpha value is -1.88. The lowest BCUT2D eigenvalue weighted by atomic mass is 10.3. The fourth-order valence-electron chi connectivity index (χ4n) is 1.69. The standard InChI is InChI=1S/C13H18N4O/c1-3-17-8-11(7-15-17)9-18-13-5-4-10(2)16-12(13)6-14/h4-5,7-8H,3,6,9,14H2,1-2H3. The minimum absolute atomic E-state index is 0.380. The number of ether oxygens (including phenoxy) is 1. The van der Waals surface area contributed by atoms with Gasteiger partial charge >= 0.3 is 0 Å². The Morgan fingerprint density at radius 1 is 1.39 bits per heavy atom. The van der Waals surface area contributed by atoms with Crippen molar-refractivity contribution in [3.05, 3.63) is 41.5 Å². The first-order valence-corrected chi connectivity index (χ1v) is 6.03. The van der Waals surface area contributed by atoms with E-state index in [1.54, 1.807) is 0 Å². The van der Waals surface area contributed by atoms with Gasteiger partial charge in [0.2, 0.25) is 0 Å². The third-order valence-electron chi connectivity index (χ3n) is 2.67. The molecule has 2 N–H and O–H groups in total. The van der Waals surface area contributed by atoms with Crippen molar-refractivity contribution in [1.29, 1.82) is 0 Å². The quantitative estimate of drug-likeness (QED) is 0.871. The van der Waals surface area contributed by atoms with Gasteiger partial charge in [0, 0.05) is 30.5 Å². The van der Waals surface area contributed by atoms with Crippen molar-refractivity contribution < 1.29 is 4.74 Å². The monoisotopic (exact) mass is 246 g/mol. The molecule has 0 amide bonds. The average molecular weight is 246 g/mol. The number of nitrogens with two attached hydrogens (primary N) is 1. The summed E-state index contributed by atoms with van der Waals surface area (Å²) in [5.74, 6) is 0.743. The second kappa shape index (κ2) is 5.64. The summed E-state index contributed by atoms with van der Waals surface area (Å²) in [4.78, 5) is 4.35. The average Bonchev–Trinajstić information content (AvgIpc) is 2.85. The van der Waals surface area contributed by atoms with Crippen LogP contribution in [0.5, 0.6) is 5.75 Å². The first-order chi connectivity index (χ1) is 8.72. The lowest BCUT2D eigenvalue weighted by Gasteiger charge is -2.09. The van der Waals surface area contributed by atoms with Crippen LogP contribution in [0.3, 0.4) is 0 Å². The van der Waals surface area contributed by atoms with Crippen LogP contribution in [-0.4, -0.2) is 14.8 Å². The zero-order chi connectivity index (χ0) is 13.0. The highest BCUT2D eigenvalue weighted by Crippen LogP contribution is 2.17. The Labute approximate surface area is 107 Å². The van der Waals surface area contributed by atoms with Crippen LogP contribution in [0.4, 0.5) is 0 Å². The second-order valence-electron chi connectivity index (χ2n) is 4.09. The maximum absolute atomic E-state index is 5.73. The summed E-state index contributed by atoms with van der Waals surface area (Å²) in [6.07, 6.45) is 3.79. The fraction of sp³-hybridized carbons (Fsp3) is 0.385. The number of aromatic nitrogens is 3. The molecule has 18 heavy (non-hydrogen) atoms. The van der Waals surface area contributed by atoms with Crippen molar-refractivity contribution in [2.75, 3.05) is 0 Å². The maximum atomic E-state index is 5.73. The van der Waals surface area contributed by atoms with E-state index in [4.69, 9.17) is 10.5 Å². The van der Waals surface area contributed by atoms with Crippen molar-refractivity contribution in [2.45, 2.75) is 33.5 Å². The van der Waals surface area contributed by atoms with E-state index < -0.39 is 0 Å². The summed E-state index contributed by atoms with van der Waals surface area (Å²) >= 11 is 0. The molecule has 0 spiro atoms. The summed E-state index contributed by atoms with van der Waals surface area (Å²) in [5.41, 5.74) is 8.43. The van der Waals surface area contributed by atoms with Crippen LogP contribution in [0.25, 0.3) is 0 Å². The predicted octanol–water partition coefficient (Wildman–Crippen LogP) is 1.64. The number of nitrogens with zero attached hydrogens (tertiary/aromatic N) is 3. The lowest BCUT2D eigenvalue weighted by molar-refractivity contribution is 0.301. The molecule has 0 unspecified atom stereocenters. The highest BCUT2D eigenvalue weighted by atomic mass is 16.5. The molecule has 0 radical (unpaired) electrons. The molecule has 0 bridgehead atoms. The molecule has 0 fully saturated rings. The number of pyridine rings is 1. The van der Waals surface area contributed by atoms with E-state index in [1.807, 2.05) is 43.1 Å². The summed E-state index contributed by atoms with van der Waals surface area (Å²) < 4.78 is 7.60. The molecular formula is C13H18N4O. The number of hydrogen-bond donors (Lipinski definition) is 1. The van der Waals surface area contributed by atoms with Crippen LogP contribution in [0.1, 0.15) is 23.9 Å². The van der Waals surface area contributed by atoms with Crippen LogP contribution < -0.4 is 10.5 Å². The van der Waals surface area contributed by atoms with Gasteiger partial charge in [-0.1, -0.05) is 0 Å². The first-order valence-electron chi connectivity index (χ1n) is 6.03. The Balaban J connectivity index is 2.05. The van der Waals surface area contributed by atoms with Crippen molar-refractivity contribution in [2.24, 2.45) is 5.73 Å². The first kappa shape index (κ1) is 12.6. The Kier molecular flexibility index (Phi) is 3.94. The molecule has 0 atom stereocenters. The summed E-state index contributed by atoms with van der Waals surface area (Å²) in [7, 11) is 0. The molecular weight excluding hydrogens is 228 g/mol. The maximum Gasteiger partial charge on any atom is 0.142 e. The molecule has 2 heterocycles. The molecule has 2 aromatic rings. The molecule has 2 aromatic heterocycles. The van der Waals surface area contributed by atoms with Gasteiger partial charge in [0.1, 0.15) is 12.4 Å². The van der Waals surface area contributed by atoms with Crippen molar-refractivity contribution in [3.8, 4) is 5.75 Å². The van der Waals surface area contributed by atoms with Gasteiger partial charge in [-0.25, -0.2) is 0 Å². The number of hydrogen-bond acceptors (Lipinski definition) is 4. The molecule has 0 saturated heterocycles. The summed E-state index contributed by atoms with van der Waals surface area (Å²) in [6.45, 7) is 5.71. The smallest absolute Gasteiger partial charge is 0.142 e. The van der Waals surface area contributed by atoms with Gasteiger partial charge in [-0.05, 0) is 26.0 Å². The van der Waals surface area contributed by atoms with E-state index in [2.05, 4.69) is 10.1 Å². The van der Waals surface area contributed by atoms with Gasteiger partial charge in [0.15, 0.2) is 0 Å². The second-order valence-corrected chi connectivity index (χ2v) is 4.09. The van der Waals surface area contributed by atoms with Crippen molar-refractivity contribution in [1.82, 2.24) is 14.8 Å². The van der Waals surface area contributed by atoms with Crippen molar-refractivity contribution in [3.63, 3.8) is 0 Å². The van der Waals surface area contributed by atoms with Crippen LogP contribution in [-0.2, 0) is 19.7 Å². The Morgan fingerprint density at radius 2 is 2.22 bits per heavy atom. The third-order valence-corrected chi connectivity index (χ3v) is 2.67. The van der Waals surface area contributed by atoms with E-state index in [0.29, 0.717) is 13.2 Å². The molecule has 0 aliphatic heterocycles. The molecule has 5 nitrogen and oxygen atoms in total. The minimum atomic E-state index is 0.380. The predicted molar refractivity (Wildman–Crippen MR) is 69.1 cm³/mol. The van der Waals surface area contributed by atoms with E-state index in [0.717, 1.165) is 29.2 Å². The van der Waals surface area contributed by atoms with Gasteiger partial charge in [-0.2, -0.15) is 5.10 Å². The van der Waals surface area contributed by atoms with Crippen LogP contribution >= 0.6 is 0 Å². The highest BCUT2D eigenvalue weighted by molar-refractivity contribution is 5.29. The molecule has 96 valence electrons. The summed E-state index contributed by atoms with van der Waals surface area (Å²) in [5, 5.41) is 4.20. The van der Waals surface area contributed by atoms with E-state index in [1.165, 1.54) is 0 Å². The Bertz CT molecular complexity index is 521. The molecule has 0 saturated carbocycles. The van der Waals surface area contributed by atoms with Crippen LogP contribution in [0, 0.1) is 6.92 Å². The van der Waals surface area contributed by atoms with E-state index in [9.17, 15) is 0 Å². The largest absolute Gasteiger partial charge is 0.487 e. The van der Waals surface area contributed by atoms with Gasteiger partial charge in [-0.3, -0.25) is 9.67 Å². The van der Waals surface area contributed by atoms with Gasteiger partial charge in [0.05, 0.1) is 11.9 Å². The SMILES string of the molecule is CCn1cc(COc2ccc(C)nc2CN)cn1. The van der Waals surface area contributed by atoms with E-state index >= 15 is 0 Å². The zero-order valence-electron chi connectivity index (χ0n) is 10.8. The van der Waals surface area contributed by atoms with Crippen molar-refractivity contribution >= 4 is 0 Å². The molecule has 2 rings (SSSR count). The van der Waals surface area contributed by atoms with Crippen LogP contribution in [0.2, 0.25) is 0 Å². The lowest BCUT2D eigenvalue weighted by Crippen LogP contribution is -2.05. The van der Waals surface area contributed by atoms with E-state index in [-0.39, 0.29) is 0 Å². The number of aryl methyl sites for hydroxylation is 2. The zero-order valence-corrected chi connectivity index (χ0v) is 10.8. The molecule has 0 aliphatic carbocycles. The minimum Gasteiger partial charge on any atom is -0.487 e.